The van der Waals surface area contributed by atoms with Gasteiger partial charge in [-0.15, -0.1) is 0 Å². The SMILES string of the molecule is CC1Oc2cc(O)cc(O)c2CC1O.Cc1ccc(OCCO)c(O)c1. The molecule has 142 valence electrons. The third-order valence-electron chi connectivity index (χ3n) is 3.90. The fourth-order valence-electron chi connectivity index (χ4n) is 2.49. The van der Waals surface area contributed by atoms with E-state index in [1.165, 1.54) is 12.1 Å². The van der Waals surface area contributed by atoms with Gasteiger partial charge in [-0.3, -0.25) is 0 Å². The summed E-state index contributed by atoms with van der Waals surface area (Å²) in [6.07, 6.45) is -0.579. The molecule has 0 saturated carbocycles. The lowest BCUT2D eigenvalue weighted by atomic mass is 9.99. The number of phenols is 3. The maximum atomic E-state index is 9.52. The summed E-state index contributed by atoms with van der Waals surface area (Å²) in [4.78, 5) is 0. The Bertz CT molecular complexity index is 745. The van der Waals surface area contributed by atoms with Crippen LogP contribution in [-0.4, -0.2) is 51.0 Å². The number of aryl methyl sites for hydroxylation is 1. The van der Waals surface area contributed by atoms with Crippen molar-refractivity contribution in [2.45, 2.75) is 32.5 Å². The second-order valence-corrected chi connectivity index (χ2v) is 6.08. The van der Waals surface area contributed by atoms with Crippen molar-refractivity contribution in [1.29, 1.82) is 0 Å². The number of phenolic OH excluding ortho intramolecular Hbond substituents is 3. The topological polar surface area (TPSA) is 120 Å². The molecule has 0 amide bonds. The first-order valence-electron chi connectivity index (χ1n) is 8.24. The second-order valence-electron chi connectivity index (χ2n) is 6.08. The van der Waals surface area contributed by atoms with Crippen molar-refractivity contribution in [3.63, 3.8) is 0 Å². The molecule has 1 aliphatic rings. The molecule has 0 radical (unpaired) electrons. The zero-order chi connectivity index (χ0) is 19.3. The molecule has 0 bridgehead atoms. The number of aliphatic hydroxyl groups is 2. The van der Waals surface area contributed by atoms with Gasteiger partial charge in [-0.05, 0) is 31.5 Å². The Kier molecular flexibility index (Phi) is 6.54. The van der Waals surface area contributed by atoms with E-state index in [1.807, 2.05) is 13.0 Å². The Morgan fingerprint density at radius 1 is 1.12 bits per heavy atom. The first-order chi connectivity index (χ1) is 12.3. The van der Waals surface area contributed by atoms with Gasteiger partial charge < -0.3 is 35.0 Å². The van der Waals surface area contributed by atoms with Crippen LogP contribution in [0.15, 0.2) is 30.3 Å². The van der Waals surface area contributed by atoms with Crippen LogP contribution in [0.3, 0.4) is 0 Å². The third kappa shape index (κ3) is 4.93. The normalized spacial score (nSPS) is 18.2. The molecule has 1 heterocycles. The standard InChI is InChI=1S/C10H12O4.C9H12O3/c1-5-8(12)4-7-9(13)2-6(11)3-10(7)14-5;1-7-2-3-9(8(11)6-7)12-5-4-10/h2-3,5,8,11-13H,4H2,1H3;2-3,6,10-11H,4-5H2,1H3. The minimum absolute atomic E-state index is 0.0362. The number of aromatic hydroxyl groups is 3. The highest BCUT2D eigenvalue weighted by Crippen LogP contribution is 2.37. The summed E-state index contributed by atoms with van der Waals surface area (Å²) in [5.74, 6) is 0.897. The molecule has 26 heavy (non-hydrogen) atoms. The monoisotopic (exact) mass is 364 g/mol. The van der Waals surface area contributed by atoms with E-state index in [4.69, 9.17) is 14.6 Å². The molecule has 2 atom stereocenters. The fraction of sp³-hybridized carbons (Fsp3) is 0.368. The fourth-order valence-corrected chi connectivity index (χ4v) is 2.49. The molecule has 2 unspecified atom stereocenters. The van der Waals surface area contributed by atoms with Crippen LogP contribution in [-0.2, 0) is 6.42 Å². The number of ether oxygens (including phenoxy) is 2. The molecule has 7 heteroatoms. The van der Waals surface area contributed by atoms with E-state index >= 15 is 0 Å². The van der Waals surface area contributed by atoms with Gasteiger partial charge >= 0.3 is 0 Å². The molecule has 2 aromatic carbocycles. The van der Waals surface area contributed by atoms with Crippen LogP contribution < -0.4 is 9.47 Å². The van der Waals surface area contributed by atoms with E-state index in [-0.39, 0.29) is 36.6 Å². The average Bonchev–Trinajstić information content (AvgIpc) is 2.57. The summed E-state index contributed by atoms with van der Waals surface area (Å²) in [5.41, 5.74) is 1.53. The first kappa shape index (κ1) is 19.7. The number of rotatable bonds is 3. The zero-order valence-corrected chi connectivity index (χ0v) is 14.7. The van der Waals surface area contributed by atoms with Crippen LogP contribution in [0.25, 0.3) is 0 Å². The van der Waals surface area contributed by atoms with Gasteiger partial charge in [0.1, 0.15) is 30.0 Å². The van der Waals surface area contributed by atoms with Gasteiger partial charge in [-0.25, -0.2) is 0 Å². The van der Waals surface area contributed by atoms with E-state index < -0.39 is 6.10 Å². The van der Waals surface area contributed by atoms with E-state index in [0.29, 0.717) is 23.5 Å². The Morgan fingerprint density at radius 2 is 1.85 bits per heavy atom. The highest BCUT2D eigenvalue weighted by atomic mass is 16.5. The molecule has 1 aliphatic heterocycles. The molecule has 0 fully saturated rings. The molecule has 7 nitrogen and oxygen atoms in total. The molecular weight excluding hydrogens is 340 g/mol. The summed E-state index contributed by atoms with van der Waals surface area (Å²) in [7, 11) is 0. The molecular formula is C19H24O7. The highest BCUT2D eigenvalue weighted by molar-refractivity contribution is 5.50. The van der Waals surface area contributed by atoms with Gasteiger partial charge in [0.05, 0.1) is 12.7 Å². The molecule has 0 aromatic heterocycles. The van der Waals surface area contributed by atoms with E-state index in [0.717, 1.165) is 5.56 Å². The molecule has 0 spiro atoms. The smallest absolute Gasteiger partial charge is 0.161 e. The van der Waals surface area contributed by atoms with E-state index in [9.17, 15) is 20.4 Å². The maximum absolute atomic E-state index is 9.52. The molecule has 0 saturated heterocycles. The van der Waals surface area contributed by atoms with Crippen molar-refractivity contribution >= 4 is 0 Å². The van der Waals surface area contributed by atoms with Gasteiger partial charge in [0.25, 0.3) is 0 Å². The van der Waals surface area contributed by atoms with Crippen LogP contribution in [0.4, 0.5) is 0 Å². The number of aliphatic hydroxyl groups excluding tert-OH is 2. The highest BCUT2D eigenvalue weighted by Gasteiger charge is 2.27. The Balaban J connectivity index is 0.000000190. The van der Waals surface area contributed by atoms with Crippen LogP contribution in [0.2, 0.25) is 0 Å². The summed E-state index contributed by atoms with van der Waals surface area (Å²) in [5, 5.41) is 46.0. The summed E-state index contributed by atoms with van der Waals surface area (Å²) < 4.78 is 10.4. The van der Waals surface area contributed by atoms with Crippen LogP contribution in [0.1, 0.15) is 18.1 Å². The van der Waals surface area contributed by atoms with Gasteiger partial charge in [0, 0.05) is 24.1 Å². The first-order valence-corrected chi connectivity index (χ1v) is 8.24. The number of hydrogen-bond donors (Lipinski definition) is 5. The predicted molar refractivity (Wildman–Crippen MR) is 95.0 cm³/mol. The van der Waals surface area contributed by atoms with Crippen molar-refractivity contribution in [2.24, 2.45) is 0 Å². The van der Waals surface area contributed by atoms with Crippen LogP contribution in [0.5, 0.6) is 28.7 Å². The largest absolute Gasteiger partial charge is 0.508 e. The van der Waals surface area contributed by atoms with Gasteiger partial charge in [0.15, 0.2) is 11.5 Å². The number of hydrogen-bond acceptors (Lipinski definition) is 7. The average molecular weight is 364 g/mol. The third-order valence-corrected chi connectivity index (χ3v) is 3.90. The van der Waals surface area contributed by atoms with Crippen molar-refractivity contribution < 1.29 is 35.0 Å². The van der Waals surface area contributed by atoms with Crippen LogP contribution >= 0.6 is 0 Å². The van der Waals surface area contributed by atoms with Crippen molar-refractivity contribution in [3.05, 3.63) is 41.5 Å². The lowest BCUT2D eigenvalue weighted by molar-refractivity contribution is 0.0318. The van der Waals surface area contributed by atoms with Gasteiger partial charge in [0.2, 0.25) is 0 Å². The molecule has 2 aromatic rings. The zero-order valence-electron chi connectivity index (χ0n) is 14.7. The quantitative estimate of drug-likeness (QED) is 0.564. The Labute approximate surface area is 151 Å². The summed E-state index contributed by atoms with van der Waals surface area (Å²) in [6.45, 7) is 3.79. The predicted octanol–water partition coefficient (Wildman–Crippen LogP) is 1.85. The van der Waals surface area contributed by atoms with Crippen molar-refractivity contribution in [2.75, 3.05) is 13.2 Å². The van der Waals surface area contributed by atoms with Gasteiger partial charge in [-0.2, -0.15) is 0 Å². The van der Waals surface area contributed by atoms with Crippen molar-refractivity contribution in [3.8, 4) is 28.7 Å². The number of fused-ring (bicyclic) bond motifs is 1. The summed E-state index contributed by atoms with van der Waals surface area (Å²) >= 11 is 0. The van der Waals surface area contributed by atoms with Gasteiger partial charge in [-0.1, -0.05) is 6.07 Å². The second kappa shape index (κ2) is 8.64. The summed E-state index contributed by atoms with van der Waals surface area (Å²) in [6, 6.07) is 7.82. The lowest BCUT2D eigenvalue weighted by Crippen LogP contribution is -2.34. The Hall–Kier alpha value is -2.64. The minimum atomic E-state index is -0.613. The molecule has 0 aliphatic carbocycles. The van der Waals surface area contributed by atoms with Crippen molar-refractivity contribution in [1.82, 2.24) is 0 Å². The van der Waals surface area contributed by atoms with E-state index in [2.05, 4.69) is 0 Å². The lowest BCUT2D eigenvalue weighted by Gasteiger charge is -2.28. The molecule has 3 rings (SSSR count). The molecule has 5 N–H and O–H groups in total. The Morgan fingerprint density at radius 3 is 2.50 bits per heavy atom. The number of benzene rings is 2. The minimum Gasteiger partial charge on any atom is -0.508 e. The maximum Gasteiger partial charge on any atom is 0.161 e. The van der Waals surface area contributed by atoms with E-state index in [1.54, 1.807) is 19.1 Å². The van der Waals surface area contributed by atoms with Crippen LogP contribution in [0, 0.1) is 6.92 Å².